The molecule has 0 saturated carbocycles. The summed E-state index contributed by atoms with van der Waals surface area (Å²) in [7, 11) is 0. The number of nitrogens with one attached hydrogen (secondary N) is 1. The van der Waals surface area contributed by atoms with Crippen molar-refractivity contribution in [3.8, 4) is 0 Å². The number of rotatable bonds is 5. The Kier molecular flexibility index (Phi) is 4.62. The highest BCUT2D eigenvalue weighted by Gasteiger charge is 2.29. The van der Waals surface area contributed by atoms with Gasteiger partial charge < -0.3 is 10.2 Å². The summed E-state index contributed by atoms with van der Waals surface area (Å²) in [5, 5.41) is 8.09. The van der Waals surface area contributed by atoms with Gasteiger partial charge in [0.1, 0.15) is 5.52 Å². The zero-order chi connectivity index (χ0) is 18.8. The van der Waals surface area contributed by atoms with Crippen molar-refractivity contribution in [2.75, 3.05) is 16.8 Å². The Bertz CT molecular complexity index is 984. The second-order valence-electron chi connectivity index (χ2n) is 7.10. The molecular weight excluding hydrogens is 336 g/mol. The molecule has 1 N–H and O–H groups in total. The quantitative estimate of drug-likeness (QED) is 0.685. The van der Waals surface area contributed by atoms with E-state index in [4.69, 9.17) is 10.1 Å². The summed E-state index contributed by atoms with van der Waals surface area (Å²) >= 11 is 0. The van der Waals surface area contributed by atoms with Crippen LogP contribution in [0.5, 0.6) is 0 Å². The van der Waals surface area contributed by atoms with E-state index in [2.05, 4.69) is 47.8 Å². The summed E-state index contributed by atoms with van der Waals surface area (Å²) in [4.78, 5) is 11.3. The summed E-state index contributed by atoms with van der Waals surface area (Å²) in [6.07, 6.45) is 9.86. The molecule has 3 aromatic rings. The molecule has 0 amide bonds. The maximum atomic E-state index is 4.86. The van der Waals surface area contributed by atoms with E-state index < -0.39 is 0 Å². The molecule has 1 aliphatic rings. The van der Waals surface area contributed by atoms with Crippen molar-refractivity contribution in [3.63, 3.8) is 0 Å². The van der Waals surface area contributed by atoms with Crippen molar-refractivity contribution in [1.82, 2.24) is 19.6 Å². The monoisotopic (exact) mass is 360 g/mol. The van der Waals surface area contributed by atoms with Gasteiger partial charge in [0.2, 0.25) is 5.95 Å². The Labute approximate surface area is 159 Å². The summed E-state index contributed by atoms with van der Waals surface area (Å²) in [5.74, 6) is 1.50. The smallest absolute Gasteiger partial charge is 0.246 e. The lowest BCUT2D eigenvalue weighted by molar-refractivity contribution is 0.689. The van der Waals surface area contributed by atoms with Crippen LogP contribution >= 0.6 is 0 Å². The minimum absolute atomic E-state index is 0.273. The summed E-state index contributed by atoms with van der Waals surface area (Å²) in [5.41, 5.74) is 4.18. The van der Waals surface area contributed by atoms with Gasteiger partial charge in [0.05, 0.1) is 6.04 Å². The third kappa shape index (κ3) is 3.56. The van der Waals surface area contributed by atoms with Crippen molar-refractivity contribution in [2.24, 2.45) is 0 Å². The zero-order valence-corrected chi connectivity index (χ0v) is 15.8. The largest absolute Gasteiger partial charge is 0.339 e. The lowest BCUT2D eigenvalue weighted by atomic mass is 10.1. The molecule has 0 aliphatic carbocycles. The fraction of sp³-hybridized carbons (Fsp3) is 0.286. The minimum Gasteiger partial charge on any atom is -0.339 e. The van der Waals surface area contributed by atoms with Crippen molar-refractivity contribution in [2.45, 2.75) is 32.7 Å². The molecule has 27 heavy (non-hydrogen) atoms. The molecule has 6 heteroatoms. The van der Waals surface area contributed by atoms with Crippen molar-refractivity contribution >= 4 is 17.3 Å². The summed E-state index contributed by atoms with van der Waals surface area (Å²) < 4.78 is 1.88. The molecule has 1 saturated heterocycles. The van der Waals surface area contributed by atoms with Crippen LogP contribution < -0.4 is 10.2 Å². The highest BCUT2D eigenvalue weighted by Crippen LogP contribution is 2.35. The number of aromatic nitrogens is 4. The van der Waals surface area contributed by atoms with Gasteiger partial charge in [0, 0.05) is 30.8 Å². The highest BCUT2D eigenvalue weighted by atomic mass is 15.4. The molecule has 4 heterocycles. The second kappa shape index (κ2) is 7.23. The summed E-state index contributed by atoms with van der Waals surface area (Å²) in [6, 6.07) is 8.41. The predicted molar refractivity (Wildman–Crippen MR) is 109 cm³/mol. The first-order valence-corrected chi connectivity index (χ1v) is 9.24. The number of fused-ring (bicyclic) bond motifs is 1. The van der Waals surface area contributed by atoms with E-state index in [1.54, 1.807) is 0 Å². The van der Waals surface area contributed by atoms with Crippen LogP contribution in [0.3, 0.4) is 0 Å². The molecule has 3 aromatic heterocycles. The molecular formula is C21H24N6. The number of allylic oxidation sites excluding steroid dienone is 2. The first-order valence-electron chi connectivity index (χ1n) is 9.24. The Hall–Kier alpha value is -3.15. The van der Waals surface area contributed by atoms with E-state index in [0.717, 1.165) is 42.4 Å². The predicted octanol–water partition coefficient (Wildman–Crippen LogP) is 4.36. The van der Waals surface area contributed by atoms with Gasteiger partial charge >= 0.3 is 0 Å². The molecule has 4 rings (SSSR count). The zero-order valence-electron chi connectivity index (χ0n) is 15.8. The fourth-order valence-electron chi connectivity index (χ4n) is 3.61. The fourth-order valence-corrected chi connectivity index (χ4v) is 3.61. The minimum atomic E-state index is 0.273. The van der Waals surface area contributed by atoms with Crippen molar-refractivity contribution in [1.29, 1.82) is 0 Å². The number of anilines is 2. The molecule has 1 aliphatic heterocycles. The first kappa shape index (κ1) is 17.3. The van der Waals surface area contributed by atoms with Gasteiger partial charge in [-0.15, -0.1) is 5.10 Å². The Morgan fingerprint density at radius 2 is 2.07 bits per heavy atom. The van der Waals surface area contributed by atoms with Gasteiger partial charge in [-0.2, -0.15) is 4.98 Å². The number of hydrogen-bond acceptors (Lipinski definition) is 5. The van der Waals surface area contributed by atoms with E-state index in [1.165, 1.54) is 11.1 Å². The Morgan fingerprint density at radius 1 is 1.26 bits per heavy atom. The maximum Gasteiger partial charge on any atom is 0.246 e. The Morgan fingerprint density at radius 3 is 2.85 bits per heavy atom. The van der Waals surface area contributed by atoms with Gasteiger partial charge in [-0.25, -0.2) is 4.52 Å². The number of pyridine rings is 1. The topological polar surface area (TPSA) is 58.4 Å². The van der Waals surface area contributed by atoms with Crippen LogP contribution in [0, 0.1) is 0 Å². The second-order valence-corrected chi connectivity index (χ2v) is 7.10. The van der Waals surface area contributed by atoms with Gasteiger partial charge in [-0.1, -0.05) is 12.2 Å². The average molecular weight is 360 g/mol. The van der Waals surface area contributed by atoms with E-state index >= 15 is 0 Å². The number of nitrogens with zero attached hydrogens (tertiary/aromatic N) is 5. The van der Waals surface area contributed by atoms with Crippen molar-refractivity contribution < 1.29 is 0 Å². The first-order chi connectivity index (χ1) is 13.1. The van der Waals surface area contributed by atoms with E-state index in [9.17, 15) is 0 Å². The molecule has 1 atom stereocenters. The molecule has 0 spiro atoms. The maximum absolute atomic E-state index is 4.86. The van der Waals surface area contributed by atoms with Crippen LogP contribution in [0.25, 0.3) is 5.52 Å². The molecule has 1 unspecified atom stereocenters. The standard InChI is InChI=1S/C21H24N6/c1-15(2)14-16(3)23-20-19-7-5-13-27(19)25-21(24-20)26-12-4-6-18(26)17-8-10-22-11-9-17/h5,7-11,13-14,18H,3-4,6,12H2,1-2H3,(H,23,24,25). The van der Waals surface area contributed by atoms with Gasteiger partial charge in [0.15, 0.2) is 5.82 Å². The van der Waals surface area contributed by atoms with Crippen LogP contribution in [0.4, 0.5) is 11.8 Å². The van der Waals surface area contributed by atoms with Crippen LogP contribution in [0.2, 0.25) is 0 Å². The lowest BCUT2D eigenvalue weighted by Gasteiger charge is -2.25. The van der Waals surface area contributed by atoms with E-state index in [0.29, 0.717) is 0 Å². The summed E-state index contributed by atoms with van der Waals surface area (Å²) in [6.45, 7) is 9.13. The van der Waals surface area contributed by atoms with Crippen LogP contribution in [0.1, 0.15) is 38.3 Å². The van der Waals surface area contributed by atoms with Crippen molar-refractivity contribution in [3.05, 3.63) is 72.3 Å². The van der Waals surface area contributed by atoms with E-state index in [1.807, 2.05) is 41.3 Å². The lowest BCUT2D eigenvalue weighted by Crippen LogP contribution is -2.26. The molecule has 0 aromatic carbocycles. The van der Waals surface area contributed by atoms with E-state index in [-0.39, 0.29) is 6.04 Å². The average Bonchev–Trinajstić information content (AvgIpc) is 3.31. The highest BCUT2D eigenvalue weighted by molar-refractivity contribution is 5.71. The Balaban J connectivity index is 1.72. The van der Waals surface area contributed by atoms with Crippen LogP contribution in [-0.4, -0.2) is 26.1 Å². The van der Waals surface area contributed by atoms with Gasteiger partial charge in [-0.3, -0.25) is 4.98 Å². The molecule has 6 nitrogen and oxygen atoms in total. The normalized spacial score (nSPS) is 16.5. The molecule has 1 fully saturated rings. The molecule has 0 radical (unpaired) electrons. The van der Waals surface area contributed by atoms with Crippen LogP contribution in [0.15, 0.2) is 66.8 Å². The third-order valence-corrected chi connectivity index (χ3v) is 4.72. The van der Waals surface area contributed by atoms with Crippen LogP contribution in [-0.2, 0) is 0 Å². The molecule has 138 valence electrons. The molecule has 0 bridgehead atoms. The van der Waals surface area contributed by atoms with Gasteiger partial charge in [-0.05, 0) is 62.6 Å². The SMILES string of the molecule is C=C(C=C(C)C)Nc1nc(N2CCCC2c2ccncc2)nn2cccc12. The van der Waals surface area contributed by atoms with Gasteiger partial charge in [0.25, 0.3) is 0 Å². The third-order valence-electron chi connectivity index (χ3n) is 4.72. The number of hydrogen-bond donors (Lipinski definition) is 1.